The fraction of sp³-hybridized carbons (Fsp3) is 0.235. The Morgan fingerprint density at radius 1 is 1.14 bits per heavy atom. The van der Waals surface area contributed by atoms with E-state index in [-0.39, 0.29) is 5.92 Å². The van der Waals surface area contributed by atoms with E-state index in [0.29, 0.717) is 29.4 Å². The van der Waals surface area contributed by atoms with Crippen LogP contribution in [0.15, 0.2) is 48.5 Å². The molecule has 3 nitrogen and oxygen atoms in total. The van der Waals surface area contributed by atoms with Crippen molar-refractivity contribution in [2.45, 2.75) is 5.92 Å². The molecule has 1 atom stereocenters. The predicted octanol–water partition coefficient (Wildman–Crippen LogP) is 3.66. The summed E-state index contributed by atoms with van der Waals surface area (Å²) in [5.74, 6) is 2.14. The van der Waals surface area contributed by atoms with Crippen LogP contribution in [0.3, 0.4) is 0 Å². The predicted molar refractivity (Wildman–Crippen MR) is 86.2 cm³/mol. The van der Waals surface area contributed by atoms with Gasteiger partial charge in [0.15, 0.2) is 0 Å². The van der Waals surface area contributed by atoms with Crippen LogP contribution in [0, 0.1) is 11.3 Å². The number of ether oxygens (including phenoxy) is 2. The number of hydrogen-bond donors (Lipinski definition) is 1. The number of nitriles is 1. The third-order valence-electron chi connectivity index (χ3n) is 3.19. The zero-order valence-electron chi connectivity index (χ0n) is 11.8. The molecule has 2 aromatic carbocycles. The van der Waals surface area contributed by atoms with E-state index in [0.717, 1.165) is 0 Å². The van der Waals surface area contributed by atoms with Gasteiger partial charge in [-0.2, -0.15) is 17.9 Å². The molecule has 1 unspecified atom stereocenters. The number of thiol groups is 1. The molecule has 0 bridgehead atoms. The van der Waals surface area contributed by atoms with Crippen molar-refractivity contribution >= 4 is 12.6 Å². The van der Waals surface area contributed by atoms with E-state index in [2.05, 4.69) is 30.8 Å². The van der Waals surface area contributed by atoms with Crippen molar-refractivity contribution in [2.75, 3.05) is 19.5 Å². The van der Waals surface area contributed by atoms with Gasteiger partial charge in [-0.25, -0.2) is 0 Å². The number of benzene rings is 2. The van der Waals surface area contributed by atoms with Crippen molar-refractivity contribution in [1.82, 2.24) is 0 Å². The molecule has 21 heavy (non-hydrogen) atoms. The highest BCUT2D eigenvalue weighted by atomic mass is 32.1. The molecule has 0 aliphatic heterocycles. The number of methoxy groups -OCH3 is 1. The molecule has 0 spiro atoms. The summed E-state index contributed by atoms with van der Waals surface area (Å²) in [5, 5.41) is 9.01. The highest BCUT2D eigenvalue weighted by molar-refractivity contribution is 7.80. The van der Waals surface area contributed by atoms with Crippen LogP contribution in [0.5, 0.6) is 11.5 Å². The summed E-state index contributed by atoms with van der Waals surface area (Å²) in [5.41, 5.74) is 1.71. The molecule has 0 fully saturated rings. The Balaban J connectivity index is 2.10. The standard InChI is InChI=1S/C17H17NO2S/c1-19-16-7-13(10-18)8-17(9-16)20-11-15(12-21)14-5-3-2-4-6-14/h2-9,15,21H,11-12H2,1H3. The molecular formula is C17H17NO2S. The third kappa shape index (κ3) is 4.17. The zero-order chi connectivity index (χ0) is 15.1. The topological polar surface area (TPSA) is 42.2 Å². The van der Waals surface area contributed by atoms with Gasteiger partial charge in [-0.1, -0.05) is 30.3 Å². The number of nitrogens with zero attached hydrogens (tertiary/aromatic N) is 1. The van der Waals surface area contributed by atoms with Gasteiger partial charge in [0.1, 0.15) is 11.5 Å². The lowest BCUT2D eigenvalue weighted by molar-refractivity contribution is 0.295. The minimum absolute atomic E-state index is 0.200. The maximum atomic E-state index is 9.01. The van der Waals surface area contributed by atoms with Gasteiger partial charge in [0, 0.05) is 17.7 Å². The van der Waals surface area contributed by atoms with E-state index < -0.39 is 0 Å². The average molecular weight is 299 g/mol. The maximum Gasteiger partial charge on any atom is 0.124 e. The summed E-state index contributed by atoms with van der Waals surface area (Å²) in [7, 11) is 1.57. The SMILES string of the molecule is COc1cc(C#N)cc(OCC(CS)c2ccccc2)c1. The van der Waals surface area contributed by atoms with E-state index in [1.54, 1.807) is 25.3 Å². The van der Waals surface area contributed by atoms with Crippen LogP contribution in [0.1, 0.15) is 17.0 Å². The summed E-state index contributed by atoms with van der Waals surface area (Å²) in [6.45, 7) is 0.506. The van der Waals surface area contributed by atoms with Crippen LogP contribution in [0.2, 0.25) is 0 Å². The Morgan fingerprint density at radius 2 is 1.86 bits per heavy atom. The highest BCUT2D eigenvalue weighted by Crippen LogP contribution is 2.24. The first kappa shape index (κ1) is 15.3. The van der Waals surface area contributed by atoms with E-state index in [9.17, 15) is 0 Å². The van der Waals surface area contributed by atoms with Crippen LogP contribution in [0.25, 0.3) is 0 Å². The number of hydrogen-bond acceptors (Lipinski definition) is 4. The Kier molecular flexibility index (Phi) is 5.53. The average Bonchev–Trinajstić information content (AvgIpc) is 2.56. The van der Waals surface area contributed by atoms with Crippen molar-refractivity contribution < 1.29 is 9.47 Å². The molecule has 2 aromatic rings. The third-order valence-corrected chi connectivity index (χ3v) is 3.63. The van der Waals surface area contributed by atoms with E-state index >= 15 is 0 Å². The van der Waals surface area contributed by atoms with Crippen molar-refractivity contribution in [2.24, 2.45) is 0 Å². The summed E-state index contributed by atoms with van der Waals surface area (Å²) < 4.78 is 11.0. The van der Waals surface area contributed by atoms with Gasteiger partial charge < -0.3 is 9.47 Å². The molecule has 0 aliphatic rings. The molecule has 0 radical (unpaired) electrons. The Labute approximate surface area is 130 Å². The van der Waals surface area contributed by atoms with Gasteiger partial charge in [-0.3, -0.25) is 0 Å². The van der Waals surface area contributed by atoms with Crippen molar-refractivity contribution in [1.29, 1.82) is 5.26 Å². The molecule has 0 heterocycles. The Bertz CT molecular complexity index is 622. The first-order valence-electron chi connectivity index (χ1n) is 6.64. The lowest BCUT2D eigenvalue weighted by atomic mass is 10.0. The molecule has 0 aromatic heterocycles. The second kappa shape index (κ2) is 7.61. The Morgan fingerprint density at radius 3 is 2.48 bits per heavy atom. The lowest BCUT2D eigenvalue weighted by Crippen LogP contribution is -2.12. The molecule has 0 aliphatic carbocycles. The molecular weight excluding hydrogens is 282 g/mol. The molecule has 0 saturated carbocycles. The molecule has 0 amide bonds. The quantitative estimate of drug-likeness (QED) is 0.828. The van der Waals surface area contributed by atoms with Gasteiger partial charge in [-0.05, 0) is 17.7 Å². The normalized spacial score (nSPS) is 11.5. The van der Waals surface area contributed by atoms with Gasteiger partial charge in [0.05, 0.1) is 25.3 Å². The van der Waals surface area contributed by atoms with Crippen molar-refractivity contribution in [3.63, 3.8) is 0 Å². The molecule has 2 rings (SSSR count). The first-order valence-corrected chi connectivity index (χ1v) is 7.28. The van der Waals surface area contributed by atoms with Gasteiger partial charge in [0.25, 0.3) is 0 Å². The smallest absolute Gasteiger partial charge is 0.124 e. The van der Waals surface area contributed by atoms with Crippen LogP contribution in [-0.2, 0) is 0 Å². The summed E-state index contributed by atoms with van der Waals surface area (Å²) in [6, 6.07) is 17.4. The van der Waals surface area contributed by atoms with Crippen molar-refractivity contribution in [3.05, 3.63) is 59.7 Å². The molecule has 108 valence electrons. The minimum atomic E-state index is 0.200. The van der Waals surface area contributed by atoms with E-state index in [1.807, 2.05) is 18.2 Å². The second-order valence-corrected chi connectivity index (χ2v) is 4.98. The highest BCUT2D eigenvalue weighted by Gasteiger charge is 2.11. The van der Waals surface area contributed by atoms with Crippen LogP contribution in [-0.4, -0.2) is 19.5 Å². The largest absolute Gasteiger partial charge is 0.497 e. The molecule has 0 N–H and O–H groups in total. The summed E-state index contributed by atoms with van der Waals surface area (Å²) in [6.07, 6.45) is 0. The van der Waals surface area contributed by atoms with E-state index in [1.165, 1.54) is 5.56 Å². The van der Waals surface area contributed by atoms with Gasteiger partial charge >= 0.3 is 0 Å². The summed E-state index contributed by atoms with van der Waals surface area (Å²) >= 11 is 4.39. The van der Waals surface area contributed by atoms with Crippen LogP contribution >= 0.6 is 12.6 Å². The lowest BCUT2D eigenvalue weighted by Gasteiger charge is -2.16. The van der Waals surface area contributed by atoms with Gasteiger partial charge in [-0.15, -0.1) is 0 Å². The zero-order valence-corrected chi connectivity index (χ0v) is 12.7. The Hall–Kier alpha value is -2.12. The number of rotatable bonds is 6. The molecule has 4 heteroatoms. The first-order chi connectivity index (χ1) is 10.3. The summed E-state index contributed by atoms with van der Waals surface area (Å²) in [4.78, 5) is 0. The van der Waals surface area contributed by atoms with Crippen LogP contribution in [0.4, 0.5) is 0 Å². The van der Waals surface area contributed by atoms with Gasteiger partial charge in [0.2, 0.25) is 0 Å². The fourth-order valence-corrected chi connectivity index (χ4v) is 2.33. The minimum Gasteiger partial charge on any atom is -0.497 e. The monoisotopic (exact) mass is 299 g/mol. The maximum absolute atomic E-state index is 9.01. The fourth-order valence-electron chi connectivity index (χ4n) is 2.01. The van der Waals surface area contributed by atoms with Crippen molar-refractivity contribution in [3.8, 4) is 17.6 Å². The second-order valence-electron chi connectivity index (χ2n) is 4.61. The van der Waals surface area contributed by atoms with Crippen LogP contribution < -0.4 is 9.47 Å². The molecule has 0 saturated heterocycles. The van der Waals surface area contributed by atoms with E-state index in [4.69, 9.17) is 14.7 Å².